The standard InChI is InChI=1S/C13H20F3NO4S/c1-12(2,3)21-11(18)17-7-4-5-10(6-8-17)9-22(19,20)13(14,15)16/h6H,4-5,7-9H2,1-3H3. The zero-order valence-electron chi connectivity index (χ0n) is 12.7. The highest BCUT2D eigenvalue weighted by atomic mass is 32.2. The molecule has 0 radical (unpaired) electrons. The third-order valence-corrected chi connectivity index (χ3v) is 4.36. The van der Waals surface area contributed by atoms with Gasteiger partial charge < -0.3 is 9.64 Å². The smallest absolute Gasteiger partial charge is 0.444 e. The minimum Gasteiger partial charge on any atom is -0.444 e. The maximum Gasteiger partial charge on any atom is 0.497 e. The Morgan fingerprint density at radius 3 is 2.41 bits per heavy atom. The van der Waals surface area contributed by atoms with E-state index >= 15 is 0 Å². The summed E-state index contributed by atoms with van der Waals surface area (Å²) in [6.07, 6.45) is 1.39. The zero-order chi connectivity index (χ0) is 17.2. The fourth-order valence-corrected chi connectivity index (χ4v) is 2.79. The Balaban J connectivity index is 2.75. The van der Waals surface area contributed by atoms with E-state index in [0.29, 0.717) is 13.0 Å². The molecule has 5 nitrogen and oxygen atoms in total. The number of carbonyl (C=O) groups is 1. The lowest BCUT2D eigenvalue weighted by Crippen LogP contribution is -2.37. The molecular formula is C13H20F3NO4S. The maximum atomic E-state index is 12.4. The van der Waals surface area contributed by atoms with Crippen molar-refractivity contribution in [1.82, 2.24) is 4.90 Å². The van der Waals surface area contributed by atoms with Gasteiger partial charge in [0, 0.05) is 13.1 Å². The van der Waals surface area contributed by atoms with Crippen molar-refractivity contribution in [2.24, 2.45) is 0 Å². The molecule has 0 aromatic heterocycles. The first kappa shape index (κ1) is 18.8. The molecule has 0 aliphatic carbocycles. The van der Waals surface area contributed by atoms with E-state index in [-0.39, 0.29) is 18.5 Å². The van der Waals surface area contributed by atoms with Gasteiger partial charge in [-0.2, -0.15) is 13.2 Å². The number of sulfone groups is 1. The van der Waals surface area contributed by atoms with E-state index in [1.807, 2.05) is 0 Å². The zero-order valence-corrected chi connectivity index (χ0v) is 13.6. The summed E-state index contributed by atoms with van der Waals surface area (Å²) in [5.41, 5.74) is -5.76. The summed E-state index contributed by atoms with van der Waals surface area (Å²) in [5, 5.41) is 0. The highest BCUT2D eigenvalue weighted by Crippen LogP contribution is 2.27. The average molecular weight is 343 g/mol. The van der Waals surface area contributed by atoms with E-state index in [1.54, 1.807) is 20.8 Å². The van der Waals surface area contributed by atoms with Crippen molar-refractivity contribution in [3.8, 4) is 0 Å². The van der Waals surface area contributed by atoms with Crippen molar-refractivity contribution in [2.45, 2.75) is 44.7 Å². The molecule has 0 fully saturated rings. The molecule has 1 aliphatic heterocycles. The Morgan fingerprint density at radius 2 is 1.91 bits per heavy atom. The molecule has 0 N–H and O–H groups in total. The summed E-state index contributed by atoms with van der Waals surface area (Å²) in [7, 11) is -5.18. The summed E-state index contributed by atoms with van der Waals surface area (Å²) < 4.78 is 64.7. The predicted molar refractivity (Wildman–Crippen MR) is 75.0 cm³/mol. The second kappa shape index (κ2) is 6.47. The van der Waals surface area contributed by atoms with Gasteiger partial charge in [-0.3, -0.25) is 0 Å². The van der Waals surface area contributed by atoms with Crippen molar-refractivity contribution >= 4 is 15.9 Å². The number of ether oxygens (including phenoxy) is 1. The number of rotatable bonds is 2. The molecule has 0 saturated carbocycles. The molecule has 0 unspecified atom stereocenters. The summed E-state index contributed by atoms with van der Waals surface area (Å²) >= 11 is 0. The highest BCUT2D eigenvalue weighted by Gasteiger charge is 2.45. The SMILES string of the molecule is CC(C)(C)OC(=O)N1CC=C(CS(=O)(=O)C(F)(F)F)CCC1. The Hall–Kier alpha value is -1.25. The first-order valence-corrected chi connectivity index (χ1v) is 8.42. The highest BCUT2D eigenvalue weighted by molar-refractivity contribution is 7.92. The lowest BCUT2D eigenvalue weighted by Gasteiger charge is -2.25. The molecule has 0 saturated heterocycles. The number of halogens is 3. The minimum atomic E-state index is -5.26. The predicted octanol–water partition coefficient (Wildman–Crippen LogP) is 2.88. The Bertz CT molecular complexity index is 547. The topological polar surface area (TPSA) is 63.7 Å². The van der Waals surface area contributed by atoms with Crippen LogP contribution in [0.1, 0.15) is 33.6 Å². The molecule has 1 amide bonds. The number of hydrogen-bond donors (Lipinski definition) is 0. The van der Waals surface area contributed by atoms with Gasteiger partial charge in [0.15, 0.2) is 0 Å². The van der Waals surface area contributed by atoms with Gasteiger partial charge in [0.2, 0.25) is 0 Å². The third-order valence-electron chi connectivity index (χ3n) is 2.91. The normalized spacial score (nSPS) is 17.7. The van der Waals surface area contributed by atoms with Crippen LogP contribution in [0, 0.1) is 0 Å². The van der Waals surface area contributed by atoms with Gasteiger partial charge in [-0.1, -0.05) is 11.6 Å². The Kier molecular flexibility index (Phi) is 5.53. The van der Waals surface area contributed by atoms with Gasteiger partial charge in [0.25, 0.3) is 9.84 Å². The minimum absolute atomic E-state index is 0.0393. The van der Waals surface area contributed by atoms with Crippen molar-refractivity contribution in [3.05, 3.63) is 11.6 Å². The van der Waals surface area contributed by atoms with E-state index < -0.39 is 32.8 Å². The molecule has 0 atom stereocenters. The molecule has 0 spiro atoms. The van der Waals surface area contributed by atoms with Crippen LogP contribution >= 0.6 is 0 Å². The fourth-order valence-electron chi connectivity index (χ4n) is 1.88. The monoisotopic (exact) mass is 343 g/mol. The van der Waals surface area contributed by atoms with Gasteiger partial charge >= 0.3 is 11.6 Å². The summed E-state index contributed by atoms with van der Waals surface area (Å²) in [6, 6.07) is 0. The Labute approximate surface area is 128 Å². The molecule has 1 heterocycles. The summed E-state index contributed by atoms with van der Waals surface area (Å²) in [6.45, 7) is 5.47. The van der Waals surface area contributed by atoms with Gasteiger partial charge in [-0.25, -0.2) is 13.2 Å². The lowest BCUT2D eigenvalue weighted by atomic mass is 10.2. The maximum absolute atomic E-state index is 12.4. The average Bonchev–Trinajstić information content (AvgIpc) is 2.50. The molecule has 0 aromatic rings. The molecule has 22 heavy (non-hydrogen) atoms. The number of amides is 1. The van der Waals surface area contributed by atoms with Gasteiger partial charge in [0.1, 0.15) is 5.60 Å². The molecule has 128 valence electrons. The van der Waals surface area contributed by atoms with Crippen LogP contribution in [0.15, 0.2) is 11.6 Å². The van der Waals surface area contributed by atoms with Gasteiger partial charge in [0.05, 0.1) is 5.75 Å². The first-order chi connectivity index (χ1) is 9.82. The van der Waals surface area contributed by atoms with E-state index in [4.69, 9.17) is 4.74 Å². The fraction of sp³-hybridized carbons (Fsp3) is 0.769. The number of nitrogens with zero attached hydrogens (tertiary/aromatic N) is 1. The Morgan fingerprint density at radius 1 is 1.32 bits per heavy atom. The van der Waals surface area contributed by atoms with Crippen LogP contribution < -0.4 is 0 Å². The van der Waals surface area contributed by atoms with Crippen molar-refractivity contribution in [3.63, 3.8) is 0 Å². The van der Waals surface area contributed by atoms with Gasteiger partial charge in [-0.05, 0) is 33.6 Å². The second-order valence-corrected chi connectivity index (χ2v) is 8.08. The summed E-state index contributed by atoms with van der Waals surface area (Å²) in [5.74, 6) is -1.06. The van der Waals surface area contributed by atoms with Crippen LogP contribution in [0.25, 0.3) is 0 Å². The number of carbonyl (C=O) groups excluding carboxylic acids is 1. The second-order valence-electron chi connectivity index (χ2n) is 6.10. The first-order valence-electron chi connectivity index (χ1n) is 6.77. The van der Waals surface area contributed by atoms with E-state index in [2.05, 4.69) is 0 Å². The van der Waals surface area contributed by atoms with Crippen LogP contribution in [-0.4, -0.2) is 49.4 Å². The van der Waals surface area contributed by atoms with Crippen LogP contribution in [0.2, 0.25) is 0 Å². The van der Waals surface area contributed by atoms with E-state index in [9.17, 15) is 26.4 Å². The van der Waals surface area contributed by atoms with Crippen LogP contribution in [0.5, 0.6) is 0 Å². The van der Waals surface area contributed by atoms with Crippen molar-refractivity contribution in [2.75, 3.05) is 18.8 Å². The largest absolute Gasteiger partial charge is 0.497 e. The number of hydrogen-bond acceptors (Lipinski definition) is 4. The van der Waals surface area contributed by atoms with Crippen LogP contribution in [-0.2, 0) is 14.6 Å². The van der Waals surface area contributed by atoms with Crippen LogP contribution in [0.3, 0.4) is 0 Å². The van der Waals surface area contributed by atoms with E-state index in [1.165, 1.54) is 11.0 Å². The molecule has 1 aliphatic rings. The summed E-state index contributed by atoms with van der Waals surface area (Å²) in [4.78, 5) is 13.2. The van der Waals surface area contributed by atoms with Crippen molar-refractivity contribution in [1.29, 1.82) is 0 Å². The lowest BCUT2D eigenvalue weighted by molar-refractivity contribution is -0.0433. The third kappa shape index (κ3) is 5.51. The molecular weight excluding hydrogens is 323 g/mol. The molecule has 0 aromatic carbocycles. The van der Waals surface area contributed by atoms with Gasteiger partial charge in [-0.15, -0.1) is 0 Å². The molecule has 1 rings (SSSR count). The van der Waals surface area contributed by atoms with Crippen molar-refractivity contribution < 1.29 is 31.1 Å². The quantitative estimate of drug-likeness (QED) is 0.723. The molecule has 0 bridgehead atoms. The van der Waals surface area contributed by atoms with E-state index in [0.717, 1.165) is 0 Å². The molecule has 9 heteroatoms. The number of alkyl halides is 3. The van der Waals surface area contributed by atoms with Crippen LogP contribution in [0.4, 0.5) is 18.0 Å².